The smallest absolute Gasteiger partial charge is 0.0462 e. The minimum atomic E-state index is 0.466. The molecule has 1 heteroatoms. The van der Waals surface area contributed by atoms with Gasteiger partial charge in [0.15, 0.2) is 0 Å². The summed E-state index contributed by atoms with van der Waals surface area (Å²) in [4.78, 5) is 0. The van der Waals surface area contributed by atoms with Crippen molar-refractivity contribution in [1.82, 2.24) is 0 Å². The van der Waals surface area contributed by atoms with E-state index in [2.05, 4.69) is 0 Å². The zero-order valence-electron chi connectivity index (χ0n) is 4.75. The van der Waals surface area contributed by atoms with Crippen molar-refractivity contribution in [3.8, 4) is 0 Å². The van der Waals surface area contributed by atoms with Gasteiger partial charge in [-0.05, 0) is 36.0 Å². The molecule has 2 bridgehead atoms. The van der Waals surface area contributed by atoms with E-state index in [4.69, 9.17) is 5.11 Å². The summed E-state index contributed by atoms with van der Waals surface area (Å²) in [6.45, 7) is 0.466. The van der Waals surface area contributed by atoms with Crippen LogP contribution in [0.5, 0.6) is 0 Å². The molecule has 5 atom stereocenters. The molecule has 4 rings (SSSR count). The zero-order chi connectivity index (χ0) is 5.30. The van der Waals surface area contributed by atoms with Crippen molar-refractivity contribution >= 4 is 0 Å². The number of fused-ring (bicyclic) bond motifs is 1. The van der Waals surface area contributed by atoms with E-state index in [1.165, 1.54) is 6.42 Å². The maximum Gasteiger partial charge on any atom is 0.0462 e. The zero-order valence-corrected chi connectivity index (χ0v) is 4.75. The molecule has 1 nitrogen and oxygen atoms in total. The van der Waals surface area contributed by atoms with Gasteiger partial charge < -0.3 is 5.11 Å². The summed E-state index contributed by atoms with van der Waals surface area (Å²) < 4.78 is 0. The van der Waals surface area contributed by atoms with Crippen molar-refractivity contribution < 1.29 is 5.11 Å². The van der Waals surface area contributed by atoms with E-state index in [-0.39, 0.29) is 0 Å². The van der Waals surface area contributed by atoms with Crippen molar-refractivity contribution in [2.24, 2.45) is 29.6 Å². The lowest BCUT2D eigenvalue weighted by molar-refractivity contribution is 0.221. The van der Waals surface area contributed by atoms with E-state index >= 15 is 0 Å². The van der Waals surface area contributed by atoms with E-state index < -0.39 is 0 Å². The lowest BCUT2D eigenvalue weighted by Gasteiger charge is -2.00. The maximum atomic E-state index is 8.78. The molecule has 4 saturated carbocycles. The summed E-state index contributed by atoms with van der Waals surface area (Å²) in [5.74, 6) is 5.07. The van der Waals surface area contributed by atoms with Crippen molar-refractivity contribution in [3.63, 3.8) is 0 Å². The largest absolute Gasteiger partial charge is 0.396 e. The van der Waals surface area contributed by atoms with E-state index in [0.29, 0.717) is 6.61 Å². The van der Waals surface area contributed by atoms with Crippen LogP contribution in [-0.4, -0.2) is 11.7 Å². The summed E-state index contributed by atoms with van der Waals surface area (Å²) in [6, 6.07) is 0. The highest BCUT2D eigenvalue weighted by atomic mass is 16.3. The average Bonchev–Trinajstić information content (AvgIpc) is 2.58. The SMILES string of the molecule is OC[C@@H]1CC2[C@@H]3C1[C@H]23. The first-order chi connectivity index (χ1) is 3.93. The quantitative estimate of drug-likeness (QED) is 0.521. The Bertz CT molecular complexity index is 127. The normalized spacial score (nSPS) is 72.4. The van der Waals surface area contributed by atoms with Gasteiger partial charge in [-0.25, -0.2) is 0 Å². The van der Waals surface area contributed by atoms with Crippen LogP contribution in [0.25, 0.3) is 0 Å². The maximum absolute atomic E-state index is 8.78. The highest BCUT2D eigenvalue weighted by Gasteiger charge is 2.79. The van der Waals surface area contributed by atoms with Crippen LogP contribution in [0.2, 0.25) is 0 Å². The number of aliphatic hydroxyl groups is 1. The predicted molar refractivity (Wildman–Crippen MR) is 29.2 cm³/mol. The Labute approximate surface area is 48.7 Å². The second-order valence-electron chi connectivity index (χ2n) is 3.57. The van der Waals surface area contributed by atoms with Crippen molar-refractivity contribution in [2.75, 3.05) is 6.61 Å². The van der Waals surface area contributed by atoms with Crippen LogP contribution in [0.15, 0.2) is 0 Å². The van der Waals surface area contributed by atoms with Crippen LogP contribution in [0.4, 0.5) is 0 Å². The van der Waals surface area contributed by atoms with Gasteiger partial charge >= 0.3 is 0 Å². The van der Waals surface area contributed by atoms with E-state index in [9.17, 15) is 0 Å². The summed E-state index contributed by atoms with van der Waals surface area (Å²) in [6.07, 6.45) is 1.36. The van der Waals surface area contributed by atoms with Crippen LogP contribution in [-0.2, 0) is 0 Å². The third kappa shape index (κ3) is 0.218. The topological polar surface area (TPSA) is 20.2 Å². The van der Waals surface area contributed by atoms with E-state index in [1.54, 1.807) is 0 Å². The first-order valence-corrected chi connectivity index (χ1v) is 3.54. The molecular weight excluding hydrogens is 100 g/mol. The molecule has 0 saturated heterocycles. The Balaban J connectivity index is 1.87. The van der Waals surface area contributed by atoms with Gasteiger partial charge in [0.25, 0.3) is 0 Å². The van der Waals surface area contributed by atoms with Crippen LogP contribution >= 0.6 is 0 Å². The Morgan fingerprint density at radius 2 is 2.00 bits per heavy atom. The van der Waals surface area contributed by atoms with Crippen molar-refractivity contribution in [1.29, 1.82) is 0 Å². The first-order valence-electron chi connectivity index (χ1n) is 3.54. The standard InChI is InChI=1S/C7H10O/c8-2-3-1-4-6-5(3)7(4)6/h3-8H,1-2H2/t3-,4?,5?,6-,7+/m0/s1. The second kappa shape index (κ2) is 0.860. The van der Waals surface area contributed by atoms with Gasteiger partial charge in [-0.15, -0.1) is 0 Å². The lowest BCUT2D eigenvalue weighted by Crippen LogP contribution is -2.01. The molecule has 0 aliphatic heterocycles. The summed E-state index contributed by atoms with van der Waals surface area (Å²) in [5.41, 5.74) is 0. The molecule has 4 fully saturated rings. The lowest BCUT2D eigenvalue weighted by atomic mass is 10.1. The molecule has 0 heterocycles. The number of hydrogen-bond acceptors (Lipinski definition) is 1. The number of hydrogen-bond donors (Lipinski definition) is 1. The molecule has 0 radical (unpaired) electrons. The van der Waals surface area contributed by atoms with Crippen LogP contribution < -0.4 is 0 Å². The predicted octanol–water partition coefficient (Wildman–Crippen LogP) is 0.491. The fourth-order valence-corrected chi connectivity index (χ4v) is 2.88. The van der Waals surface area contributed by atoms with E-state index in [1.807, 2.05) is 0 Å². The van der Waals surface area contributed by atoms with Gasteiger partial charge in [-0.2, -0.15) is 0 Å². The molecule has 4 aliphatic carbocycles. The minimum absolute atomic E-state index is 0.466. The molecule has 0 aromatic heterocycles. The van der Waals surface area contributed by atoms with Crippen LogP contribution in [0, 0.1) is 29.6 Å². The molecule has 8 heavy (non-hydrogen) atoms. The van der Waals surface area contributed by atoms with Crippen LogP contribution in [0.1, 0.15) is 6.42 Å². The third-order valence-electron chi connectivity index (χ3n) is 3.39. The third-order valence-corrected chi connectivity index (χ3v) is 3.39. The Kier molecular flexibility index (Phi) is 0.418. The van der Waals surface area contributed by atoms with Gasteiger partial charge in [-0.3, -0.25) is 0 Å². The second-order valence-corrected chi connectivity index (χ2v) is 3.57. The monoisotopic (exact) mass is 110 g/mol. The fraction of sp³-hybridized carbons (Fsp3) is 1.00. The molecule has 0 aromatic carbocycles. The Morgan fingerprint density at radius 1 is 1.25 bits per heavy atom. The van der Waals surface area contributed by atoms with Gasteiger partial charge in [0.2, 0.25) is 0 Å². The number of rotatable bonds is 1. The highest BCUT2D eigenvalue weighted by molar-refractivity contribution is 5.26. The molecule has 0 aromatic rings. The summed E-state index contributed by atoms with van der Waals surface area (Å²) in [5, 5.41) is 8.78. The average molecular weight is 110 g/mol. The number of aliphatic hydroxyl groups excluding tert-OH is 1. The van der Waals surface area contributed by atoms with E-state index in [0.717, 1.165) is 29.6 Å². The highest BCUT2D eigenvalue weighted by Crippen LogP contribution is 2.83. The fourth-order valence-electron chi connectivity index (χ4n) is 2.88. The Morgan fingerprint density at radius 3 is 2.25 bits per heavy atom. The van der Waals surface area contributed by atoms with Crippen LogP contribution in [0.3, 0.4) is 0 Å². The molecular formula is C7H10O. The summed E-state index contributed by atoms with van der Waals surface area (Å²) >= 11 is 0. The summed E-state index contributed by atoms with van der Waals surface area (Å²) in [7, 11) is 0. The minimum Gasteiger partial charge on any atom is -0.396 e. The molecule has 0 spiro atoms. The van der Waals surface area contributed by atoms with Crippen molar-refractivity contribution in [2.45, 2.75) is 6.42 Å². The molecule has 0 amide bonds. The molecule has 44 valence electrons. The first kappa shape index (κ1) is 3.89. The van der Waals surface area contributed by atoms with Crippen molar-refractivity contribution in [3.05, 3.63) is 0 Å². The molecule has 2 unspecified atom stereocenters. The van der Waals surface area contributed by atoms with Gasteiger partial charge in [0, 0.05) is 6.61 Å². The van der Waals surface area contributed by atoms with Gasteiger partial charge in [0.1, 0.15) is 0 Å². The Hall–Kier alpha value is -0.0400. The van der Waals surface area contributed by atoms with Gasteiger partial charge in [0.05, 0.1) is 0 Å². The molecule has 4 aliphatic rings. The molecule has 1 N–H and O–H groups in total. The van der Waals surface area contributed by atoms with Gasteiger partial charge in [-0.1, -0.05) is 0 Å².